The molecule has 0 amide bonds. The average Bonchev–Trinajstić information content (AvgIpc) is 2.15. The molecule has 1 aliphatic rings. The van der Waals surface area contributed by atoms with E-state index in [0.29, 0.717) is 12.3 Å². The highest BCUT2D eigenvalue weighted by atomic mass is 32.2. The van der Waals surface area contributed by atoms with Gasteiger partial charge in [-0.1, -0.05) is 6.92 Å². The molecule has 0 radical (unpaired) electrons. The summed E-state index contributed by atoms with van der Waals surface area (Å²) in [6, 6.07) is 0. The molecule has 1 N–H and O–H groups in total. The molecule has 0 aliphatic carbocycles. The van der Waals surface area contributed by atoms with E-state index in [-0.39, 0.29) is 0 Å². The van der Waals surface area contributed by atoms with Crippen molar-refractivity contribution in [2.75, 3.05) is 11.5 Å². The van der Waals surface area contributed by atoms with Crippen molar-refractivity contribution in [2.45, 2.75) is 32.6 Å². The van der Waals surface area contributed by atoms with E-state index in [1.165, 1.54) is 24.3 Å². The predicted molar refractivity (Wildman–Crippen MR) is 56.1 cm³/mol. The summed E-state index contributed by atoms with van der Waals surface area (Å²) in [6.07, 6.45) is 3.80. The van der Waals surface area contributed by atoms with Crippen molar-refractivity contribution in [3.05, 3.63) is 0 Å². The Morgan fingerprint density at radius 2 is 2.46 bits per heavy atom. The van der Waals surface area contributed by atoms with E-state index in [9.17, 15) is 4.79 Å². The molecule has 1 rings (SSSR count). The molecule has 2 atom stereocenters. The number of thioether (sulfide) groups is 1. The largest absolute Gasteiger partial charge is 0.481 e. The summed E-state index contributed by atoms with van der Waals surface area (Å²) < 4.78 is 0. The molecule has 1 heterocycles. The van der Waals surface area contributed by atoms with Crippen molar-refractivity contribution < 1.29 is 9.90 Å². The number of rotatable bonds is 4. The Labute approximate surface area is 84.1 Å². The topological polar surface area (TPSA) is 37.3 Å². The molecule has 0 aromatic heterocycles. The normalized spacial score (nSPS) is 25.5. The lowest BCUT2D eigenvalue weighted by Gasteiger charge is -2.26. The first-order valence-corrected chi connectivity index (χ1v) is 6.15. The molecular formula is C10H18O2S. The molecule has 13 heavy (non-hydrogen) atoms. The fourth-order valence-electron chi connectivity index (χ4n) is 1.80. The SMILES string of the molecule is CC(CCC(=O)O)C1CCCSC1. The summed E-state index contributed by atoms with van der Waals surface area (Å²) in [7, 11) is 0. The van der Waals surface area contributed by atoms with Crippen LogP contribution in [0.2, 0.25) is 0 Å². The van der Waals surface area contributed by atoms with Crippen LogP contribution in [-0.2, 0) is 4.79 Å². The molecule has 3 heteroatoms. The summed E-state index contributed by atoms with van der Waals surface area (Å²) >= 11 is 2.02. The summed E-state index contributed by atoms with van der Waals surface area (Å²) in [5, 5.41) is 8.56. The molecule has 1 saturated heterocycles. The van der Waals surface area contributed by atoms with Crippen LogP contribution in [0.3, 0.4) is 0 Å². The van der Waals surface area contributed by atoms with E-state index in [2.05, 4.69) is 6.92 Å². The van der Waals surface area contributed by atoms with Gasteiger partial charge in [-0.05, 0) is 42.6 Å². The van der Waals surface area contributed by atoms with E-state index in [1.54, 1.807) is 0 Å². The van der Waals surface area contributed by atoms with E-state index in [4.69, 9.17) is 5.11 Å². The van der Waals surface area contributed by atoms with Gasteiger partial charge in [0.15, 0.2) is 0 Å². The minimum Gasteiger partial charge on any atom is -0.481 e. The van der Waals surface area contributed by atoms with Crippen LogP contribution >= 0.6 is 11.8 Å². The Balaban J connectivity index is 2.20. The van der Waals surface area contributed by atoms with E-state index in [0.717, 1.165) is 12.3 Å². The van der Waals surface area contributed by atoms with Crippen molar-refractivity contribution in [1.82, 2.24) is 0 Å². The van der Waals surface area contributed by atoms with Gasteiger partial charge in [-0.15, -0.1) is 0 Å². The summed E-state index contributed by atoms with van der Waals surface area (Å²) in [4.78, 5) is 10.4. The maximum atomic E-state index is 10.4. The highest BCUT2D eigenvalue weighted by Crippen LogP contribution is 2.30. The minimum atomic E-state index is -0.657. The van der Waals surface area contributed by atoms with Crippen LogP contribution in [0.1, 0.15) is 32.6 Å². The summed E-state index contributed by atoms with van der Waals surface area (Å²) in [5.41, 5.74) is 0. The fraction of sp³-hybridized carbons (Fsp3) is 0.900. The lowest BCUT2D eigenvalue weighted by Crippen LogP contribution is -2.19. The third-order valence-electron chi connectivity index (χ3n) is 2.81. The maximum Gasteiger partial charge on any atom is 0.303 e. The standard InChI is InChI=1S/C10H18O2S/c1-8(4-5-10(11)12)9-3-2-6-13-7-9/h8-9H,2-7H2,1H3,(H,11,12). The summed E-state index contributed by atoms with van der Waals surface area (Å²) in [6.45, 7) is 2.19. The van der Waals surface area contributed by atoms with Crippen LogP contribution in [0.5, 0.6) is 0 Å². The first kappa shape index (κ1) is 10.9. The van der Waals surface area contributed by atoms with E-state index in [1.807, 2.05) is 11.8 Å². The zero-order chi connectivity index (χ0) is 9.68. The Bertz CT molecular complexity index is 164. The molecule has 0 bridgehead atoms. The van der Waals surface area contributed by atoms with Crippen molar-refractivity contribution in [2.24, 2.45) is 11.8 Å². The van der Waals surface area contributed by atoms with Crippen LogP contribution < -0.4 is 0 Å². The molecule has 1 fully saturated rings. The number of carbonyl (C=O) groups is 1. The van der Waals surface area contributed by atoms with Crippen LogP contribution in [0.25, 0.3) is 0 Å². The predicted octanol–water partition coefficient (Wildman–Crippen LogP) is 2.63. The summed E-state index contributed by atoms with van der Waals surface area (Å²) in [5.74, 6) is 3.22. The highest BCUT2D eigenvalue weighted by molar-refractivity contribution is 7.99. The molecule has 0 saturated carbocycles. The molecule has 0 spiro atoms. The number of carboxylic acids is 1. The van der Waals surface area contributed by atoms with Gasteiger partial charge >= 0.3 is 5.97 Å². The highest BCUT2D eigenvalue weighted by Gasteiger charge is 2.20. The number of hydrogen-bond donors (Lipinski definition) is 1. The zero-order valence-electron chi connectivity index (χ0n) is 8.16. The van der Waals surface area contributed by atoms with Gasteiger partial charge in [0.2, 0.25) is 0 Å². The smallest absolute Gasteiger partial charge is 0.303 e. The van der Waals surface area contributed by atoms with Gasteiger partial charge in [0, 0.05) is 6.42 Å². The molecule has 0 aromatic carbocycles. The van der Waals surface area contributed by atoms with Crippen molar-refractivity contribution in [3.63, 3.8) is 0 Å². The molecule has 0 aromatic rings. The third kappa shape index (κ3) is 4.03. The second kappa shape index (κ2) is 5.53. The second-order valence-electron chi connectivity index (χ2n) is 3.89. The van der Waals surface area contributed by atoms with E-state index >= 15 is 0 Å². The quantitative estimate of drug-likeness (QED) is 0.761. The van der Waals surface area contributed by atoms with Gasteiger partial charge < -0.3 is 5.11 Å². The minimum absolute atomic E-state index is 0.336. The number of carboxylic acid groups (broad SMARTS) is 1. The van der Waals surface area contributed by atoms with Gasteiger partial charge in [0.05, 0.1) is 0 Å². The number of aliphatic carboxylic acids is 1. The molecule has 1 aliphatic heterocycles. The first-order valence-electron chi connectivity index (χ1n) is 4.99. The Morgan fingerprint density at radius 3 is 3.00 bits per heavy atom. The Kier molecular flexibility index (Phi) is 4.64. The lowest BCUT2D eigenvalue weighted by molar-refractivity contribution is -0.137. The van der Waals surface area contributed by atoms with Gasteiger partial charge in [-0.2, -0.15) is 11.8 Å². The van der Waals surface area contributed by atoms with Crippen LogP contribution in [0.4, 0.5) is 0 Å². The van der Waals surface area contributed by atoms with Crippen molar-refractivity contribution in [1.29, 1.82) is 0 Å². The lowest BCUT2D eigenvalue weighted by atomic mass is 9.88. The molecule has 2 nitrogen and oxygen atoms in total. The van der Waals surface area contributed by atoms with Crippen molar-refractivity contribution in [3.8, 4) is 0 Å². The fourth-order valence-corrected chi connectivity index (χ4v) is 3.14. The van der Waals surface area contributed by atoms with Crippen molar-refractivity contribution >= 4 is 17.7 Å². The zero-order valence-corrected chi connectivity index (χ0v) is 8.98. The average molecular weight is 202 g/mol. The molecular weight excluding hydrogens is 184 g/mol. The van der Waals surface area contributed by atoms with Crippen LogP contribution in [0.15, 0.2) is 0 Å². The van der Waals surface area contributed by atoms with Gasteiger partial charge in [-0.3, -0.25) is 4.79 Å². The second-order valence-corrected chi connectivity index (χ2v) is 5.04. The number of hydrogen-bond acceptors (Lipinski definition) is 2. The maximum absolute atomic E-state index is 10.4. The molecule has 76 valence electrons. The Morgan fingerprint density at radius 1 is 1.69 bits per heavy atom. The third-order valence-corrected chi connectivity index (χ3v) is 4.06. The van der Waals surface area contributed by atoms with Gasteiger partial charge in [0.1, 0.15) is 0 Å². The van der Waals surface area contributed by atoms with E-state index < -0.39 is 5.97 Å². The van der Waals surface area contributed by atoms with Crippen LogP contribution in [0, 0.1) is 11.8 Å². The monoisotopic (exact) mass is 202 g/mol. The molecule has 2 unspecified atom stereocenters. The van der Waals surface area contributed by atoms with Gasteiger partial charge in [-0.25, -0.2) is 0 Å². The first-order chi connectivity index (χ1) is 6.20. The van der Waals surface area contributed by atoms with Crippen LogP contribution in [-0.4, -0.2) is 22.6 Å². The Hall–Kier alpha value is -0.180. The van der Waals surface area contributed by atoms with Gasteiger partial charge in [0.25, 0.3) is 0 Å².